The molecule has 1 aromatic heterocycles. The van der Waals surface area contributed by atoms with E-state index in [1.165, 1.54) is 0 Å². The fourth-order valence-corrected chi connectivity index (χ4v) is 2.45. The van der Waals surface area contributed by atoms with Crippen molar-refractivity contribution in [2.24, 2.45) is 0 Å². The van der Waals surface area contributed by atoms with Crippen molar-refractivity contribution in [1.29, 1.82) is 0 Å². The van der Waals surface area contributed by atoms with Crippen LogP contribution in [-0.4, -0.2) is 22.4 Å². The predicted octanol–water partition coefficient (Wildman–Crippen LogP) is 3.71. The molecule has 112 valence electrons. The second-order valence-electron chi connectivity index (χ2n) is 4.76. The number of ether oxygens (including phenoxy) is 1. The van der Waals surface area contributed by atoms with Crippen molar-refractivity contribution in [3.05, 3.63) is 52.3 Å². The maximum atomic E-state index is 12.0. The molecule has 0 saturated heterocycles. The zero-order chi connectivity index (χ0) is 15.2. The lowest BCUT2D eigenvalue weighted by Gasteiger charge is -2.09. The summed E-state index contributed by atoms with van der Waals surface area (Å²) in [6.07, 6.45) is 3.32. The van der Waals surface area contributed by atoms with Gasteiger partial charge in [0.05, 0.1) is 25.0 Å². The Morgan fingerprint density at radius 3 is 2.86 bits per heavy atom. The van der Waals surface area contributed by atoms with Crippen molar-refractivity contribution in [2.45, 2.75) is 33.2 Å². The fourth-order valence-electron chi connectivity index (χ4n) is 2.24. The van der Waals surface area contributed by atoms with Gasteiger partial charge in [0.2, 0.25) is 0 Å². The van der Waals surface area contributed by atoms with Crippen LogP contribution >= 0.6 is 11.6 Å². The highest BCUT2D eigenvalue weighted by Crippen LogP contribution is 2.16. The van der Waals surface area contributed by atoms with E-state index in [2.05, 4.69) is 12.0 Å². The zero-order valence-corrected chi connectivity index (χ0v) is 13.1. The van der Waals surface area contributed by atoms with Crippen LogP contribution in [0.5, 0.6) is 0 Å². The van der Waals surface area contributed by atoms with E-state index in [1.54, 1.807) is 13.1 Å². The molecule has 0 amide bonds. The number of carbonyl (C=O) groups excluding carboxylic acids is 1. The van der Waals surface area contributed by atoms with E-state index in [0.717, 1.165) is 24.1 Å². The summed E-state index contributed by atoms with van der Waals surface area (Å²) < 4.78 is 6.93. The van der Waals surface area contributed by atoms with Crippen molar-refractivity contribution in [3.8, 4) is 0 Å². The molecule has 0 spiro atoms. The van der Waals surface area contributed by atoms with Crippen LogP contribution in [0, 0.1) is 0 Å². The Labute approximate surface area is 129 Å². The highest BCUT2D eigenvalue weighted by atomic mass is 35.5. The van der Waals surface area contributed by atoms with Crippen molar-refractivity contribution < 1.29 is 9.53 Å². The molecule has 0 fully saturated rings. The first-order valence-electron chi connectivity index (χ1n) is 7.12. The molecule has 0 aliphatic rings. The molecular formula is C16H19ClN2O2. The third-order valence-electron chi connectivity index (χ3n) is 3.15. The summed E-state index contributed by atoms with van der Waals surface area (Å²) in [5.41, 5.74) is 2.52. The lowest BCUT2D eigenvalue weighted by Crippen LogP contribution is -2.11. The molecule has 2 aromatic rings. The van der Waals surface area contributed by atoms with Gasteiger partial charge in [0.1, 0.15) is 5.56 Å². The molecule has 0 atom stereocenters. The van der Waals surface area contributed by atoms with Crippen molar-refractivity contribution in [1.82, 2.24) is 9.78 Å². The highest BCUT2D eigenvalue weighted by molar-refractivity contribution is 6.30. The highest BCUT2D eigenvalue weighted by Gasteiger charge is 2.17. The average molecular weight is 307 g/mol. The maximum absolute atomic E-state index is 12.0. The summed E-state index contributed by atoms with van der Waals surface area (Å²) in [6.45, 7) is 4.83. The standard InChI is InChI=1S/C16H19ClN2O2/c1-3-6-15-14(16(20)21-4-2)10-18-19(15)11-12-7-5-8-13(17)9-12/h5,7-10H,3-4,6,11H2,1-2H3. The van der Waals surface area contributed by atoms with Crippen LogP contribution in [0.3, 0.4) is 0 Å². The van der Waals surface area contributed by atoms with Crippen LogP contribution < -0.4 is 0 Å². The Morgan fingerprint density at radius 2 is 2.19 bits per heavy atom. The predicted molar refractivity (Wildman–Crippen MR) is 82.7 cm³/mol. The number of benzene rings is 1. The van der Waals surface area contributed by atoms with Gasteiger partial charge in [-0.15, -0.1) is 0 Å². The van der Waals surface area contributed by atoms with E-state index in [9.17, 15) is 4.79 Å². The van der Waals surface area contributed by atoms with Gasteiger partial charge < -0.3 is 4.74 Å². The number of hydrogen-bond acceptors (Lipinski definition) is 3. The number of nitrogens with zero attached hydrogens (tertiary/aromatic N) is 2. The molecule has 0 bridgehead atoms. The second kappa shape index (κ2) is 7.27. The molecule has 5 heteroatoms. The van der Waals surface area contributed by atoms with Crippen LogP contribution in [0.15, 0.2) is 30.5 Å². The van der Waals surface area contributed by atoms with Gasteiger partial charge in [-0.05, 0) is 31.0 Å². The zero-order valence-electron chi connectivity index (χ0n) is 12.3. The third kappa shape index (κ3) is 3.85. The summed E-state index contributed by atoms with van der Waals surface area (Å²) in [7, 11) is 0. The van der Waals surface area contributed by atoms with Gasteiger partial charge >= 0.3 is 5.97 Å². The second-order valence-corrected chi connectivity index (χ2v) is 5.20. The minimum absolute atomic E-state index is 0.307. The molecule has 4 nitrogen and oxygen atoms in total. The molecule has 0 N–H and O–H groups in total. The first-order valence-corrected chi connectivity index (χ1v) is 7.49. The molecule has 21 heavy (non-hydrogen) atoms. The Hall–Kier alpha value is -1.81. The molecule has 0 aliphatic heterocycles. The summed E-state index contributed by atoms with van der Waals surface area (Å²) in [5, 5.41) is 5.03. The fraction of sp³-hybridized carbons (Fsp3) is 0.375. The van der Waals surface area contributed by atoms with Gasteiger partial charge in [-0.2, -0.15) is 5.10 Å². The maximum Gasteiger partial charge on any atom is 0.341 e. The molecule has 0 radical (unpaired) electrons. The largest absolute Gasteiger partial charge is 0.462 e. The van der Waals surface area contributed by atoms with Crippen LogP contribution in [0.2, 0.25) is 5.02 Å². The number of rotatable bonds is 6. The van der Waals surface area contributed by atoms with E-state index in [-0.39, 0.29) is 5.97 Å². The molecule has 0 aliphatic carbocycles. The third-order valence-corrected chi connectivity index (χ3v) is 3.39. The average Bonchev–Trinajstić information content (AvgIpc) is 2.83. The van der Waals surface area contributed by atoms with Crippen molar-refractivity contribution in [3.63, 3.8) is 0 Å². The Bertz CT molecular complexity index is 622. The first kappa shape index (κ1) is 15.6. The van der Waals surface area contributed by atoms with Crippen LogP contribution in [0.4, 0.5) is 0 Å². The lowest BCUT2D eigenvalue weighted by molar-refractivity contribution is 0.0525. The minimum atomic E-state index is -0.307. The van der Waals surface area contributed by atoms with Gasteiger partial charge in [0, 0.05) is 5.02 Å². The molecule has 1 aromatic carbocycles. The smallest absolute Gasteiger partial charge is 0.341 e. The number of halogens is 1. The summed E-state index contributed by atoms with van der Waals surface area (Å²) in [5.74, 6) is -0.307. The lowest BCUT2D eigenvalue weighted by atomic mass is 10.1. The minimum Gasteiger partial charge on any atom is -0.462 e. The van der Waals surface area contributed by atoms with Crippen LogP contribution in [-0.2, 0) is 17.7 Å². The van der Waals surface area contributed by atoms with Gasteiger partial charge in [0.25, 0.3) is 0 Å². The quantitative estimate of drug-likeness (QED) is 0.764. The van der Waals surface area contributed by atoms with Crippen molar-refractivity contribution >= 4 is 17.6 Å². The van der Waals surface area contributed by atoms with Gasteiger partial charge in [0.15, 0.2) is 0 Å². The topological polar surface area (TPSA) is 44.1 Å². The SMILES string of the molecule is CCCc1c(C(=O)OCC)cnn1Cc1cccc(Cl)c1. The van der Waals surface area contributed by atoms with Crippen molar-refractivity contribution in [2.75, 3.05) is 6.61 Å². The van der Waals surface area contributed by atoms with Crippen LogP contribution in [0.1, 0.15) is 41.9 Å². The Morgan fingerprint density at radius 1 is 1.38 bits per heavy atom. The Kier molecular flexibility index (Phi) is 5.39. The molecule has 2 rings (SSSR count). The molecule has 0 saturated carbocycles. The van der Waals surface area contributed by atoms with Gasteiger partial charge in [-0.1, -0.05) is 37.1 Å². The molecular weight excluding hydrogens is 288 g/mol. The van der Waals surface area contributed by atoms with E-state index in [4.69, 9.17) is 16.3 Å². The number of aromatic nitrogens is 2. The normalized spacial score (nSPS) is 10.6. The van der Waals surface area contributed by atoms with Crippen LogP contribution in [0.25, 0.3) is 0 Å². The molecule has 0 unspecified atom stereocenters. The summed E-state index contributed by atoms with van der Waals surface area (Å²) in [6, 6.07) is 7.65. The van der Waals surface area contributed by atoms with E-state index in [1.807, 2.05) is 28.9 Å². The number of carbonyl (C=O) groups is 1. The first-order chi connectivity index (χ1) is 10.2. The van der Waals surface area contributed by atoms with E-state index >= 15 is 0 Å². The monoisotopic (exact) mass is 306 g/mol. The van der Waals surface area contributed by atoms with Gasteiger partial charge in [-0.3, -0.25) is 4.68 Å². The summed E-state index contributed by atoms with van der Waals surface area (Å²) in [4.78, 5) is 12.0. The number of esters is 1. The van der Waals surface area contributed by atoms with E-state index < -0.39 is 0 Å². The van der Waals surface area contributed by atoms with E-state index in [0.29, 0.717) is 23.7 Å². The van der Waals surface area contributed by atoms with Gasteiger partial charge in [-0.25, -0.2) is 4.79 Å². The Balaban J connectivity index is 2.29. The number of hydrogen-bond donors (Lipinski definition) is 0. The summed E-state index contributed by atoms with van der Waals surface area (Å²) >= 11 is 6.01. The molecule has 1 heterocycles.